The van der Waals surface area contributed by atoms with Crippen molar-refractivity contribution in [1.82, 2.24) is 9.97 Å². The van der Waals surface area contributed by atoms with Crippen LogP contribution in [0.4, 0.5) is 17.3 Å². The Labute approximate surface area is 185 Å². The van der Waals surface area contributed by atoms with Gasteiger partial charge in [-0.3, -0.25) is 4.79 Å². The van der Waals surface area contributed by atoms with Crippen LogP contribution in [0, 0.1) is 0 Å². The second-order valence-corrected chi connectivity index (χ2v) is 7.78. The number of fused-ring (bicyclic) bond motifs is 1. The van der Waals surface area contributed by atoms with E-state index in [1.165, 1.54) is 0 Å². The number of nitrogens with zero attached hydrogens (tertiary/aromatic N) is 1. The van der Waals surface area contributed by atoms with Crippen LogP contribution in [-0.2, 0) is 0 Å². The zero-order valence-corrected chi connectivity index (χ0v) is 17.6. The lowest BCUT2D eigenvalue weighted by Gasteiger charge is -2.07. The molecule has 1 amide bonds. The standard InChI is InChI=1S/C20H12Cl4N4O/c21-10-3-1-4-11(7-10)25-19(29)12-8-16-17(9-15(12)24)27-20(26-16)28-18-13(22)5-2-6-14(18)23/h1-9H,(H,25,29)(H2,26,27,28). The average Bonchev–Trinajstić information content (AvgIpc) is 3.05. The molecule has 4 aromatic rings. The molecule has 0 fully saturated rings. The third-order valence-corrected chi connectivity index (χ3v) is 5.28. The van der Waals surface area contributed by atoms with Gasteiger partial charge in [-0.05, 0) is 42.5 Å². The third kappa shape index (κ3) is 4.28. The van der Waals surface area contributed by atoms with Gasteiger partial charge in [-0.25, -0.2) is 4.98 Å². The second kappa shape index (κ2) is 8.13. The monoisotopic (exact) mass is 464 g/mol. The Morgan fingerprint density at radius 2 is 1.62 bits per heavy atom. The molecule has 3 N–H and O–H groups in total. The lowest BCUT2D eigenvalue weighted by Crippen LogP contribution is -2.12. The van der Waals surface area contributed by atoms with Crippen LogP contribution >= 0.6 is 46.4 Å². The summed E-state index contributed by atoms with van der Waals surface area (Å²) in [5, 5.41) is 7.54. The van der Waals surface area contributed by atoms with Crippen molar-refractivity contribution in [3.05, 3.63) is 80.3 Å². The first-order valence-electron chi connectivity index (χ1n) is 8.38. The highest BCUT2D eigenvalue weighted by molar-refractivity contribution is 6.39. The molecule has 4 rings (SSSR count). The van der Waals surface area contributed by atoms with Crippen molar-refractivity contribution < 1.29 is 4.79 Å². The van der Waals surface area contributed by atoms with Gasteiger partial charge in [-0.1, -0.05) is 58.5 Å². The molecule has 0 radical (unpaired) electrons. The molecule has 146 valence electrons. The fraction of sp³-hybridized carbons (Fsp3) is 0. The predicted octanol–water partition coefficient (Wildman–Crippen LogP) is 7.17. The van der Waals surface area contributed by atoms with Gasteiger partial charge >= 0.3 is 0 Å². The number of amides is 1. The Morgan fingerprint density at radius 1 is 0.897 bits per heavy atom. The van der Waals surface area contributed by atoms with Gasteiger partial charge in [-0.2, -0.15) is 0 Å². The number of H-pyrrole nitrogens is 1. The van der Waals surface area contributed by atoms with Crippen LogP contribution in [0.3, 0.4) is 0 Å². The van der Waals surface area contributed by atoms with Crippen molar-refractivity contribution in [1.29, 1.82) is 0 Å². The number of benzene rings is 3. The minimum absolute atomic E-state index is 0.281. The molecule has 0 spiro atoms. The first-order chi connectivity index (χ1) is 13.9. The Balaban J connectivity index is 1.64. The third-order valence-electron chi connectivity index (χ3n) is 4.10. The first kappa shape index (κ1) is 19.9. The van der Waals surface area contributed by atoms with Crippen molar-refractivity contribution in [2.75, 3.05) is 10.6 Å². The SMILES string of the molecule is O=C(Nc1cccc(Cl)c1)c1cc2nc(Nc3c(Cl)cccc3Cl)[nH]c2cc1Cl. The Hall–Kier alpha value is -2.44. The number of carbonyl (C=O) groups is 1. The van der Waals surface area contributed by atoms with E-state index in [4.69, 9.17) is 46.4 Å². The number of halogens is 4. The summed E-state index contributed by atoms with van der Waals surface area (Å²) < 4.78 is 0. The molecular formula is C20H12Cl4N4O. The van der Waals surface area contributed by atoms with E-state index in [0.717, 1.165) is 0 Å². The largest absolute Gasteiger partial charge is 0.324 e. The zero-order chi connectivity index (χ0) is 20.5. The summed E-state index contributed by atoms with van der Waals surface area (Å²) in [6.45, 7) is 0. The van der Waals surface area contributed by atoms with Crippen molar-refractivity contribution in [3.63, 3.8) is 0 Å². The molecule has 0 aliphatic rings. The number of aromatic amines is 1. The summed E-state index contributed by atoms with van der Waals surface area (Å²) in [6, 6.07) is 15.3. The predicted molar refractivity (Wildman–Crippen MR) is 120 cm³/mol. The van der Waals surface area contributed by atoms with E-state index in [2.05, 4.69) is 20.6 Å². The van der Waals surface area contributed by atoms with Crippen LogP contribution in [0.1, 0.15) is 10.4 Å². The fourth-order valence-corrected chi connectivity index (χ4v) is 3.70. The van der Waals surface area contributed by atoms with E-state index in [9.17, 15) is 4.79 Å². The Kier molecular flexibility index (Phi) is 5.56. The molecular weight excluding hydrogens is 454 g/mol. The van der Waals surface area contributed by atoms with Crippen molar-refractivity contribution in [2.24, 2.45) is 0 Å². The Bertz CT molecular complexity index is 1220. The first-order valence-corrected chi connectivity index (χ1v) is 9.89. The van der Waals surface area contributed by atoms with E-state index in [1.54, 1.807) is 54.6 Å². The molecule has 0 saturated heterocycles. The summed E-state index contributed by atoms with van der Waals surface area (Å²) in [6.07, 6.45) is 0. The number of hydrogen-bond acceptors (Lipinski definition) is 3. The van der Waals surface area contributed by atoms with Crippen LogP contribution in [0.25, 0.3) is 11.0 Å². The number of rotatable bonds is 4. The molecule has 0 bridgehead atoms. The second-order valence-electron chi connectivity index (χ2n) is 6.12. The smallest absolute Gasteiger partial charge is 0.257 e. The van der Waals surface area contributed by atoms with E-state index in [-0.39, 0.29) is 16.5 Å². The number of carbonyl (C=O) groups excluding carboxylic acids is 1. The lowest BCUT2D eigenvalue weighted by atomic mass is 10.2. The number of nitrogens with one attached hydrogen (secondary N) is 3. The number of aromatic nitrogens is 2. The van der Waals surface area contributed by atoms with Gasteiger partial charge < -0.3 is 15.6 Å². The Morgan fingerprint density at radius 3 is 2.34 bits per heavy atom. The molecule has 3 aromatic carbocycles. The zero-order valence-electron chi connectivity index (χ0n) is 14.6. The molecule has 5 nitrogen and oxygen atoms in total. The van der Waals surface area contributed by atoms with Crippen molar-refractivity contribution >= 4 is 80.7 Å². The normalized spacial score (nSPS) is 10.9. The highest BCUT2D eigenvalue weighted by atomic mass is 35.5. The van der Waals surface area contributed by atoms with Crippen molar-refractivity contribution in [2.45, 2.75) is 0 Å². The van der Waals surface area contributed by atoms with Crippen LogP contribution in [0.15, 0.2) is 54.6 Å². The van der Waals surface area contributed by atoms with Crippen molar-refractivity contribution in [3.8, 4) is 0 Å². The molecule has 0 atom stereocenters. The maximum absolute atomic E-state index is 12.6. The molecule has 1 aromatic heterocycles. The van der Waals surface area contributed by atoms with Crippen LogP contribution in [-0.4, -0.2) is 15.9 Å². The molecule has 0 saturated carbocycles. The molecule has 9 heteroatoms. The van der Waals surface area contributed by atoms with Gasteiger partial charge in [0.2, 0.25) is 5.95 Å². The van der Waals surface area contributed by atoms with Gasteiger partial charge in [0.05, 0.1) is 37.4 Å². The molecule has 1 heterocycles. The number of para-hydroxylation sites is 1. The van der Waals surface area contributed by atoms with Gasteiger partial charge in [0.1, 0.15) is 0 Å². The van der Waals surface area contributed by atoms with Crippen LogP contribution < -0.4 is 10.6 Å². The number of anilines is 3. The summed E-state index contributed by atoms with van der Waals surface area (Å²) >= 11 is 24.6. The maximum Gasteiger partial charge on any atom is 0.257 e. The van der Waals surface area contributed by atoms with E-state index in [1.807, 2.05) is 0 Å². The summed E-state index contributed by atoms with van der Waals surface area (Å²) in [7, 11) is 0. The van der Waals surface area contributed by atoms with Gasteiger partial charge in [0, 0.05) is 10.7 Å². The van der Waals surface area contributed by atoms with E-state index in [0.29, 0.717) is 43.4 Å². The van der Waals surface area contributed by atoms with E-state index >= 15 is 0 Å². The van der Waals surface area contributed by atoms with Gasteiger partial charge in [-0.15, -0.1) is 0 Å². The molecule has 0 aliphatic heterocycles. The quantitative estimate of drug-likeness (QED) is 0.299. The highest BCUT2D eigenvalue weighted by Gasteiger charge is 2.15. The minimum atomic E-state index is -0.370. The maximum atomic E-state index is 12.6. The van der Waals surface area contributed by atoms with Crippen LogP contribution in [0.5, 0.6) is 0 Å². The molecule has 0 unspecified atom stereocenters. The minimum Gasteiger partial charge on any atom is -0.324 e. The highest BCUT2D eigenvalue weighted by Crippen LogP contribution is 2.33. The number of hydrogen-bond donors (Lipinski definition) is 3. The van der Waals surface area contributed by atoms with Gasteiger partial charge in [0.25, 0.3) is 5.91 Å². The molecule has 0 aliphatic carbocycles. The number of imidazole rings is 1. The fourth-order valence-electron chi connectivity index (χ4n) is 2.76. The average molecular weight is 466 g/mol. The van der Waals surface area contributed by atoms with Crippen LogP contribution in [0.2, 0.25) is 20.1 Å². The summed E-state index contributed by atoms with van der Waals surface area (Å²) in [4.78, 5) is 20.2. The van der Waals surface area contributed by atoms with Gasteiger partial charge in [0.15, 0.2) is 0 Å². The topological polar surface area (TPSA) is 69.8 Å². The molecule has 29 heavy (non-hydrogen) atoms. The lowest BCUT2D eigenvalue weighted by molar-refractivity contribution is 0.102. The summed E-state index contributed by atoms with van der Waals surface area (Å²) in [5.41, 5.74) is 2.58. The summed E-state index contributed by atoms with van der Waals surface area (Å²) in [5.74, 6) is 0.0456. The van der Waals surface area contributed by atoms with E-state index < -0.39 is 0 Å².